The Balaban J connectivity index is 1.58. The smallest absolute Gasteiger partial charge is 0.163 e. The lowest BCUT2D eigenvalue weighted by Crippen LogP contribution is -2.68. The third-order valence-corrected chi connectivity index (χ3v) is 13.5. The Morgan fingerprint density at radius 1 is 0.788 bits per heavy atom. The van der Waals surface area contributed by atoms with E-state index in [4.69, 9.17) is 4.74 Å². The van der Waals surface area contributed by atoms with Gasteiger partial charge in [-0.1, -0.05) is 55.4 Å². The Hall–Kier alpha value is -0.790. The van der Waals surface area contributed by atoms with E-state index in [2.05, 4.69) is 55.4 Å². The lowest BCUT2D eigenvalue weighted by Gasteiger charge is -2.74. The van der Waals surface area contributed by atoms with E-state index < -0.39 is 0 Å². The van der Waals surface area contributed by atoms with Crippen LogP contribution >= 0.6 is 0 Å². The number of fused-ring (bicyclic) bond motifs is 7. The molecule has 0 saturated heterocycles. The summed E-state index contributed by atoms with van der Waals surface area (Å²) >= 11 is 0. The molecule has 9 unspecified atom stereocenters. The van der Waals surface area contributed by atoms with Crippen molar-refractivity contribution in [1.29, 1.82) is 0 Å². The first-order valence-corrected chi connectivity index (χ1v) is 14.0. The first-order chi connectivity index (χ1) is 15.2. The fraction of sp³-hybridized carbons (Fsp3) is 0.903. The Morgan fingerprint density at radius 3 is 2.06 bits per heavy atom. The summed E-state index contributed by atoms with van der Waals surface area (Å²) in [5.74, 6) is 3.17. The molecule has 0 heterocycles. The van der Waals surface area contributed by atoms with Gasteiger partial charge in [0.2, 0.25) is 0 Å². The number of allylic oxidation sites excluding steroid dienone is 2. The lowest BCUT2D eigenvalue weighted by molar-refractivity contribution is -0.251. The molecule has 0 amide bonds. The van der Waals surface area contributed by atoms with E-state index in [9.17, 15) is 4.79 Å². The number of hydrogen-bond acceptors (Lipinski definition) is 2. The van der Waals surface area contributed by atoms with Gasteiger partial charge in [0.1, 0.15) is 5.76 Å². The zero-order chi connectivity index (χ0) is 24.2. The molecule has 33 heavy (non-hydrogen) atoms. The molecule has 5 aliphatic carbocycles. The van der Waals surface area contributed by atoms with Crippen LogP contribution in [0.4, 0.5) is 0 Å². The van der Waals surface area contributed by atoms with E-state index in [0.29, 0.717) is 39.3 Å². The van der Waals surface area contributed by atoms with Crippen molar-refractivity contribution in [3.63, 3.8) is 0 Å². The molecule has 5 rings (SSSR count). The maximum atomic E-state index is 13.8. The van der Waals surface area contributed by atoms with Crippen LogP contribution in [0.2, 0.25) is 0 Å². The number of hydrogen-bond donors (Lipinski definition) is 0. The molecule has 2 nitrogen and oxygen atoms in total. The highest BCUT2D eigenvalue weighted by molar-refractivity contribution is 5.94. The highest BCUT2D eigenvalue weighted by atomic mass is 16.5. The van der Waals surface area contributed by atoms with Gasteiger partial charge in [-0.05, 0) is 102 Å². The molecule has 9 atom stereocenters. The molecule has 0 aromatic rings. The van der Waals surface area contributed by atoms with E-state index >= 15 is 0 Å². The summed E-state index contributed by atoms with van der Waals surface area (Å²) in [6, 6.07) is 0. The third kappa shape index (κ3) is 2.88. The van der Waals surface area contributed by atoms with Crippen LogP contribution in [0.15, 0.2) is 11.8 Å². The van der Waals surface area contributed by atoms with Crippen LogP contribution in [-0.2, 0) is 9.53 Å². The largest absolute Gasteiger partial charge is 0.501 e. The summed E-state index contributed by atoms with van der Waals surface area (Å²) in [6.45, 7) is 20.3. The van der Waals surface area contributed by atoms with Crippen molar-refractivity contribution in [3.05, 3.63) is 11.8 Å². The van der Waals surface area contributed by atoms with Crippen molar-refractivity contribution >= 4 is 5.78 Å². The van der Waals surface area contributed by atoms with Gasteiger partial charge in [-0.2, -0.15) is 0 Å². The molecule has 4 saturated carbocycles. The standard InChI is InChI=1S/C31H50O2/c1-20-22(33-9)18-21(32)25-28(20,5)11-10-23-29(25,6)15-17-31(8)24-19-26(2,3)12-13-27(24,4)14-16-30(23,31)7/h18,20,23-25H,10-17,19H2,1-9H3. The van der Waals surface area contributed by atoms with Crippen molar-refractivity contribution in [2.75, 3.05) is 7.11 Å². The van der Waals surface area contributed by atoms with E-state index in [-0.39, 0.29) is 16.7 Å². The summed E-state index contributed by atoms with van der Waals surface area (Å²) < 4.78 is 5.71. The normalized spacial score (nSPS) is 55.4. The van der Waals surface area contributed by atoms with Crippen molar-refractivity contribution in [3.8, 4) is 0 Å². The first kappa shape index (κ1) is 23.9. The minimum Gasteiger partial charge on any atom is -0.501 e. The second-order valence-corrected chi connectivity index (χ2v) is 15.3. The topological polar surface area (TPSA) is 26.3 Å². The van der Waals surface area contributed by atoms with Gasteiger partial charge in [-0.25, -0.2) is 0 Å². The molecule has 5 aliphatic rings. The van der Waals surface area contributed by atoms with Crippen LogP contribution in [0.5, 0.6) is 0 Å². The Morgan fingerprint density at radius 2 is 1.39 bits per heavy atom. The number of ketones is 1. The van der Waals surface area contributed by atoms with E-state index in [1.54, 1.807) is 7.11 Å². The Bertz CT molecular complexity index is 885. The molecule has 0 bridgehead atoms. The van der Waals surface area contributed by atoms with Crippen LogP contribution in [0, 0.1) is 56.2 Å². The first-order valence-electron chi connectivity index (χ1n) is 14.0. The number of carbonyl (C=O) groups excluding carboxylic acids is 1. The Labute approximate surface area is 203 Å². The lowest BCUT2D eigenvalue weighted by atomic mass is 9.30. The summed E-state index contributed by atoms with van der Waals surface area (Å²) in [7, 11) is 1.74. The van der Waals surface area contributed by atoms with Crippen LogP contribution in [0.3, 0.4) is 0 Å². The molecular weight excluding hydrogens is 404 g/mol. The second-order valence-electron chi connectivity index (χ2n) is 15.3. The van der Waals surface area contributed by atoms with Gasteiger partial charge in [0.05, 0.1) is 7.11 Å². The molecule has 0 N–H and O–H groups in total. The van der Waals surface area contributed by atoms with E-state index in [1.807, 2.05) is 6.08 Å². The third-order valence-electron chi connectivity index (χ3n) is 13.5. The average molecular weight is 455 g/mol. The zero-order valence-electron chi connectivity index (χ0n) is 23.1. The van der Waals surface area contributed by atoms with Gasteiger partial charge >= 0.3 is 0 Å². The van der Waals surface area contributed by atoms with Gasteiger partial charge in [0.15, 0.2) is 5.78 Å². The molecular formula is C31H50O2. The fourth-order valence-electron chi connectivity index (χ4n) is 11.1. The number of rotatable bonds is 1. The molecule has 0 aromatic carbocycles. The number of methoxy groups -OCH3 is 1. The summed E-state index contributed by atoms with van der Waals surface area (Å²) in [4.78, 5) is 13.8. The molecule has 0 aliphatic heterocycles. The number of carbonyl (C=O) groups is 1. The predicted molar refractivity (Wildman–Crippen MR) is 136 cm³/mol. The van der Waals surface area contributed by atoms with Crippen molar-refractivity contribution < 1.29 is 9.53 Å². The monoisotopic (exact) mass is 454 g/mol. The quantitative estimate of drug-likeness (QED) is 0.399. The van der Waals surface area contributed by atoms with Crippen molar-refractivity contribution in [2.45, 2.75) is 113 Å². The summed E-state index contributed by atoms with van der Waals surface area (Å²) in [5, 5.41) is 0. The summed E-state index contributed by atoms with van der Waals surface area (Å²) in [5.41, 5.74) is 1.79. The minimum atomic E-state index is 0.0164. The van der Waals surface area contributed by atoms with Gasteiger partial charge < -0.3 is 4.74 Å². The summed E-state index contributed by atoms with van der Waals surface area (Å²) in [6.07, 6.45) is 13.7. The maximum Gasteiger partial charge on any atom is 0.163 e. The van der Waals surface area contributed by atoms with Crippen LogP contribution in [0.1, 0.15) is 113 Å². The highest BCUT2D eigenvalue weighted by Gasteiger charge is 2.71. The molecule has 0 aromatic heterocycles. The van der Waals surface area contributed by atoms with Crippen molar-refractivity contribution in [2.24, 2.45) is 56.2 Å². The molecule has 2 heteroatoms. The van der Waals surface area contributed by atoms with Gasteiger partial charge in [-0.15, -0.1) is 0 Å². The maximum absolute atomic E-state index is 13.8. The van der Waals surface area contributed by atoms with Crippen LogP contribution in [0.25, 0.3) is 0 Å². The molecule has 0 spiro atoms. The second kappa shape index (κ2) is 6.91. The van der Waals surface area contributed by atoms with Crippen LogP contribution < -0.4 is 0 Å². The van der Waals surface area contributed by atoms with Crippen molar-refractivity contribution in [1.82, 2.24) is 0 Å². The SMILES string of the molecule is COC1=CC(=O)C2C(C)(CCC3C2(C)CCC2(C)C4CC(C)(C)CCC4(C)CCC32C)C1C. The average Bonchev–Trinajstić information content (AvgIpc) is 2.73. The zero-order valence-corrected chi connectivity index (χ0v) is 23.1. The molecule has 186 valence electrons. The number of ether oxygens (including phenoxy) is 1. The van der Waals surface area contributed by atoms with Gasteiger partial charge in [0, 0.05) is 17.9 Å². The fourth-order valence-corrected chi connectivity index (χ4v) is 11.1. The molecule has 0 radical (unpaired) electrons. The predicted octanol–water partition coefficient (Wildman–Crippen LogP) is 8.21. The minimum absolute atomic E-state index is 0.0164. The highest BCUT2D eigenvalue weighted by Crippen LogP contribution is 2.78. The van der Waals surface area contributed by atoms with Gasteiger partial charge in [-0.3, -0.25) is 4.79 Å². The van der Waals surface area contributed by atoms with Gasteiger partial charge in [0.25, 0.3) is 0 Å². The van der Waals surface area contributed by atoms with Crippen LogP contribution in [-0.4, -0.2) is 12.9 Å². The van der Waals surface area contributed by atoms with E-state index in [0.717, 1.165) is 18.1 Å². The Kier molecular flexibility index (Phi) is 5.01. The molecule has 4 fully saturated rings. The van der Waals surface area contributed by atoms with E-state index in [1.165, 1.54) is 51.4 Å².